The number of carbonyl (C=O) groups is 2. The van der Waals surface area contributed by atoms with Crippen molar-refractivity contribution in [3.8, 4) is 0 Å². The average Bonchev–Trinajstić information content (AvgIpc) is 2.66. The zero-order valence-electron chi connectivity index (χ0n) is 14.3. The molecule has 1 aliphatic heterocycles. The molecule has 0 radical (unpaired) electrons. The summed E-state index contributed by atoms with van der Waals surface area (Å²) in [4.78, 5) is 35.0. The molecule has 0 bridgehead atoms. The molecule has 0 aromatic carbocycles. The number of aromatic nitrogens is 2. The van der Waals surface area contributed by atoms with E-state index in [-0.39, 0.29) is 11.8 Å². The van der Waals surface area contributed by atoms with Crippen LogP contribution in [0.25, 0.3) is 0 Å². The highest BCUT2D eigenvalue weighted by Gasteiger charge is 2.22. The lowest BCUT2D eigenvalue weighted by atomic mass is 9.99. The lowest BCUT2D eigenvalue weighted by molar-refractivity contribution is 0.0682. The van der Waals surface area contributed by atoms with E-state index in [1.165, 1.54) is 12.4 Å². The van der Waals surface area contributed by atoms with Crippen LogP contribution in [0.3, 0.4) is 0 Å². The van der Waals surface area contributed by atoms with Gasteiger partial charge in [-0.3, -0.25) is 19.6 Å². The van der Waals surface area contributed by atoms with E-state index in [4.69, 9.17) is 0 Å². The summed E-state index contributed by atoms with van der Waals surface area (Å²) in [6.07, 6.45) is 6.85. The van der Waals surface area contributed by atoms with Crippen LogP contribution < -0.4 is 5.32 Å². The molecule has 1 fully saturated rings. The van der Waals surface area contributed by atoms with Gasteiger partial charge < -0.3 is 10.2 Å². The molecule has 0 spiro atoms. The molecule has 2 aromatic rings. The topological polar surface area (TPSA) is 75.2 Å². The highest BCUT2D eigenvalue weighted by Crippen LogP contribution is 2.18. The third-order valence-corrected chi connectivity index (χ3v) is 4.35. The van der Waals surface area contributed by atoms with Gasteiger partial charge in [-0.1, -0.05) is 13.0 Å². The molecular formula is C19H22N4O2. The fraction of sp³-hybridized carbons (Fsp3) is 0.368. The molecular weight excluding hydrogens is 316 g/mol. The number of amides is 2. The van der Waals surface area contributed by atoms with E-state index in [0.717, 1.165) is 31.6 Å². The van der Waals surface area contributed by atoms with E-state index in [1.807, 2.05) is 23.1 Å². The minimum Gasteiger partial charge on any atom is -0.346 e. The largest absolute Gasteiger partial charge is 0.346 e. The van der Waals surface area contributed by atoms with E-state index in [1.54, 1.807) is 12.3 Å². The Hall–Kier alpha value is -2.76. The van der Waals surface area contributed by atoms with Gasteiger partial charge in [0.1, 0.15) is 0 Å². The number of piperidine rings is 1. The monoisotopic (exact) mass is 338 g/mol. The number of carbonyl (C=O) groups excluding carboxylic acids is 2. The van der Waals surface area contributed by atoms with Gasteiger partial charge in [-0.05, 0) is 37.0 Å². The van der Waals surface area contributed by atoms with E-state index in [9.17, 15) is 9.59 Å². The second-order valence-corrected chi connectivity index (χ2v) is 6.46. The Bertz CT molecular complexity index is 748. The van der Waals surface area contributed by atoms with Crippen LogP contribution in [0.5, 0.6) is 0 Å². The maximum absolute atomic E-state index is 12.6. The Kier molecular flexibility index (Phi) is 5.38. The summed E-state index contributed by atoms with van der Waals surface area (Å²) in [5.74, 6) is 0.189. The Labute approximate surface area is 147 Å². The van der Waals surface area contributed by atoms with Crippen LogP contribution in [0.4, 0.5) is 0 Å². The van der Waals surface area contributed by atoms with Crippen molar-refractivity contribution in [3.05, 3.63) is 59.7 Å². The van der Waals surface area contributed by atoms with Crippen molar-refractivity contribution < 1.29 is 9.59 Å². The molecule has 6 heteroatoms. The lowest BCUT2D eigenvalue weighted by Gasteiger charge is -2.30. The number of nitrogens with one attached hydrogen (secondary N) is 1. The highest BCUT2D eigenvalue weighted by molar-refractivity contribution is 5.99. The summed E-state index contributed by atoms with van der Waals surface area (Å²) in [5, 5.41) is 2.80. The summed E-state index contributed by atoms with van der Waals surface area (Å²) in [6.45, 7) is 4.01. The smallest absolute Gasteiger partial charge is 0.255 e. The van der Waals surface area contributed by atoms with Gasteiger partial charge in [0.2, 0.25) is 0 Å². The van der Waals surface area contributed by atoms with Crippen LogP contribution in [0, 0.1) is 5.92 Å². The summed E-state index contributed by atoms with van der Waals surface area (Å²) < 4.78 is 0. The maximum Gasteiger partial charge on any atom is 0.255 e. The third-order valence-electron chi connectivity index (χ3n) is 4.35. The van der Waals surface area contributed by atoms with Gasteiger partial charge >= 0.3 is 0 Å². The summed E-state index contributed by atoms with van der Waals surface area (Å²) in [5.41, 5.74) is 1.62. The van der Waals surface area contributed by atoms with Crippen LogP contribution >= 0.6 is 0 Å². The highest BCUT2D eigenvalue weighted by atomic mass is 16.2. The van der Waals surface area contributed by atoms with Crippen molar-refractivity contribution in [2.75, 3.05) is 13.1 Å². The van der Waals surface area contributed by atoms with E-state index < -0.39 is 0 Å². The second-order valence-electron chi connectivity index (χ2n) is 6.46. The van der Waals surface area contributed by atoms with Crippen molar-refractivity contribution in [3.63, 3.8) is 0 Å². The summed E-state index contributed by atoms with van der Waals surface area (Å²) in [6, 6.07) is 7.15. The molecule has 1 aliphatic rings. The van der Waals surface area contributed by atoms with Crippen molar-refractivity contribution in [2.24, 2.45) is 5.92 Å². The molecule has 25 heavy (non-hydrogen) atoms. The van der Waals surface area contributed by atoms with E-state index >= 15 is 0 Å². The standard InChI is InChI=1S/C19H22N4O2/c1-14-5-4-8-23(13-14)19(25)16-9-15(10-20-11-16)18(24)22-12-17-6-2-3-7-21-17/h2-3,6-7,9-11,14H,4-5,8,12-13H2,1H3,(H,22,24). The van der Waals surface area contributed by atoms with Gasteiger partial charge in [-0.25, -0.2) is 0 Å². The van der Waals surface area contributed by atoms with Crippen molar-refractivity contribution in [1.82, 2.24) is 20.2 Å². The van der Waals surface area contributed by atoms with Crippen LogP contribution in [0.1, 0.15) is 46.2 Å². The fourth-order valence-electron chi connectivity index (χ4n) is 3.01. The number of nitrogens with zero attached hydrogens (tertiary/aromatic N) is 3. The Morgan fingerprint density at radius 1 is 1.28 bits per heavy atom. The Balaban J connectivity index is 1.66. The van der Waals surface area contributed by atoms with Crippen LogP contribution in [0.15, 0.2) is 42.9 Å². The number of hydrogen-bond donors (Lipinski definition) is 1. The molecule has 3 rings (SSSR count). The Morgan fingerprint density at radius 3 is 2.88 bits per heavy atom. The van der Waals surface area contributed by atoms with E-state index in [2.05, 4.69) is 22.2 Å². The van der Waals surface area contributed by atoms with Crippen LogP contribution in [-0.2, 0) is 6.54 Å². The van der Waals surface area contributed by atoms with Crippen molar-refractivity contribution in [1.29, 1.82) is 0 Å². The van der Waals surface area contributed by atoms with Gasteiger partial charge in [0.05, 0.1) is 23.4 Å². The lowest BCUT2D eigenvalue weighted by Crippen LogP contribution is -2.39. The second kappa shape index (κ2) is 7.88. The quantitative estimate of drug-likeness (QED) is 0.928. The summed E-state index contributed by atoms with van der Waals surface area (Å²) >= 11 is 0. The van der Waals surface area contributed by atoms with Crippen LogP contribution in [0.2, 0.25) is 0 Å². The molecule has 0 aliphatic carbocycles. The molecule has 1 saturated heterocycles. The molecule has 130 valence electrons. The molecule has 2 amide bonds. The van der Waals surface area contributed by atoms with Gasteiger partial charge in [0, 0.05) is 31.7 Å². The number of likely N-dealkylation sites (tertiary alicyclic amines) is 1. The number of pyridine rings is 2. The minimum atomic E-state index is -0.264. The molecule has 1 N–H and O–H groups in total. The first-order valence-electron chi connectivity index (χ1n) is 8.56. The molecule has 3 heterocycles. The Morgan fingerprint density at radius 2 is 2.12 bits per heavy atom. The van der Waals surface area contributed by atoms with Gasteiger partial charge in [-0.15, -0.1) is 0 Å². The normalized spacial score (nSPS) is 17.2. The zero-order chi connectivity index (χ0) is 17.6. The first kappa shape index (κ1) is 17.1. The van der Waals surface area contributed by atoms with Crippen molar-refractivity contribution in [2.45, 2.75) is 26.3 Å². The van der Waals surface area contributed by atoms with E-state index in [0.29, 0.717) is 23.6 Å². The molecule has 6 nitrogen and oxygen atoms in total. The minimum absolute atomic E-state index is 0.0570. The van der Waals surface area contributed by atoms with Gasteiger partial charge in [-0.2, -0.15) is 0 Å². The predicted molar refractivity (Wildman–Crippen MR) is 93.9 cm³/mol. The van der Waals surface area contributed by atoms with Gasteiger partial charge in [0.15, 0.2) is 0 Å². The average molecular weight is 338 g/mol. The molecule has 1 unspecified atom stereocenters. The fourth-order valence-corrected chi connectivity index (χ4v) is 3.01. The number of hydrogen-bond acceptors (Lipinski definition) is 4. The predicted octanol–water partition coefficient (Wildman–Crippen LogP) is 2.28. The SMILES string of the molecule is CC1CCCN(C(=O)c2cncc(C(=O)NCc3ccccn3)c2)C1. The van der Waals surface area contributed by atoms with Crippen molar-refractivity contribution >= 4 is 11.8 Å². The summed E-state index contributed by atoms with van der Waals surface area (Å²) in [7, 11) is 0. The van der Waals surface area contributed by atoms with Gasteiger partial charge in [0.25, 0.3) is 11.8 Å². The first-order chi connectivity index (χ1) is 12.1. The molecule has 0 saturated carbocycles. The maximum atomic E-state index is 12.6. The first-order valence-corrected chi connectivity index (χ1v) is 8.56. The van der Waals surface area contributed by atoms with Crippen LogP contribution in [-0.4, -0.2) is 39.8 Å². The molecule has 1 atom stereocenters. The number of rotatable bonds is 4. The third kappa shape index (κ3) is 4.41. The molecule has 2 aromatic heterocycles. The zero-order valence-corrected chi connectivity index (χ0v) is 14.3.